The summed E-state index contributed by atoms with van der Waals surface area (Å²) in [6.07, 6.45) is 6.44. The van der Waals surface area contributed by atoms with Gasteiger partial charge in [-0.15, -0.1) is 11.3 Å². The molecule has 1 N–H and O–H groups in total. The molecule has 2 fully saturated rings. The van der Waals surface area contributed by atoms with Gasteiger partial charge in [-0.25, -0.2) is 4.79 Å². The summed E-state index contributed by atoms with van der Waals surface area (Å²) < 4.78 is 45.7. The molecule has 2 aliphatic rings. The van der Waals surface area contributed by atoms with Crippen molar-refractivity contribution in [3.8, 4) is 0 Å². The molecule has 0 amide bonds. The van der Waals surface area contributed by atoms with Crippen molar-refractivity contribution in [1.29, 1.82) is 0 Å². The van der Waals surface area contributed by atoms with Crippen molar-refractivity contribution in [3.63, 3.8) is 0 Å². The lowest BCUT2D eigenvalue weighted by molar-refractivity contribution is -0.181. The number of aliphatic hydroxyl groups excluding tert-OH is 1. The van der Waals surface area contributed by atoms with E-state index in [9.17, 15) is 23.1 Å². The second-order valence-electron chi connectivity index (χ2n) is 9.46. The van der Waals surface area contributed by atoms with E-state index in [2.05, 4.69) is 6.92 Å². The van der Waals surface area contributed by atoms with E-state index in [1.807, 2.05) is 12.1 Å². The van der Waals surface area contributed by atoms with E-state index in [4.69, 9.17) is 4.74 Å². The Labute approximate surface area is 193 Å². The van der Waals surface area contributed by atoms with Gasteiger partial charge in [0.1, 0.15) is 4.88 Å². The number of thiophene rings is 1. The monoisotopic (exact) mass is 472 g/mol. The Morgan fingerprint density at radius 3 is 2.69 bits per heavy atom. The number of aryl methyl sites for hydroxylation is 1. The highest BCUT2D eigenvalue weighted by Crippen LogP contribution is 2.50. The van der Waals surface area contributed by atoms with Crippen molar-refractivity contribution in [2.75, 3.05) is 7.11 Å². The van der Waals surface area contributed by atoms with Crippen molar-refractivity contribution >= 4 is 17.3 Å². The lowest BCUT2D eigenvalue weighted by Crippen LogP contribution is -2.40. The molecule has 0 spiro atoms. The Hall–Kier alpha value is -1.34. The smallest absolute Gasteiger partial charge is 0.392 e. The lowest BCUT2D eigenvalue weighted by Gasteiger charge is -2.45. The first kappa shape index (κ1) is 25.3. The maximum Gasteiger partial charge on any atom is 0.392 e. The van der Waals surface area contributed by atoms with Crippen LogP contribution in [-0.2, 0) is 11.2 Å². The first-order valence-electron chi connectivity index (χ1n) is 11.8. The van der Waals surface area contributed by atoms with E-state index in [0.717, 1.165) is 49.8 Å². The largest absolute Gasteiger partial charge is 0.465 e. The van der Waals surface area contributed by atoms with Crippen LogP contribution in [0.3, 0.4) is 0 Å². The van der Waals surface area contributed by atoms with Crippen LogP contribution in [0.15, 0.2) is 24.3 Å². The zero-order valence-corrected chi connectivity index (χ0v) is 19.8. The Balaban J connectivity index is 1.57. The van der Waals surface area contributed by atoms with Gasteiger partial charge in [0.25, 0.3) is 0 Å². The molecule has 0 radical (unpaired) electrons. The van der Waals surface area contributed by atoms with Gasteiger partial charge in [-0.3, -0.25) is 0 Å². The number of rotatable bonds is 10. The number of hydrogen-bond donors (Lipinski definition) is 1. The molecule has 4 atom stereocenters. The third-order valence-corrected chi connectivity index (χ3v) is 8.93. The summed E-state index contributed by atoms with van der Waals surface area (Å²) in [5.74, 6) is -2.17. The number of aliphatic hydroxyl groups is 1. The van der Waals surface area contributed by atoms with E-state index in [1.54, 1.807) is 12.1 Å². The average molecular weight is 473 g/mol. The summed E-state index contributed by atoms with van der Waals surface area (Å²) in [6.45, 7) is 2.08. The summed E-state index contributed by atoms with van der Waals surface area (Å²) in [5.41, 5.74) is -0.0351. The quantitative estimate of drug-likeness (QED) is 0.296. The fourth-order valence-electron chi connectivity index (χ4n) is 5.55. The van der Waals surface area contributed by atoms with Crippen molar-refractivity contribution < 1.29 is 27.8 Å². The Bertz CT molecular complexity index is 776. The van der Waals surface area contributed by atoms with Gasteiger partial charge < -0.3 is 9.84 Å². The van der Waals surface area contributed by atoms with Crippen LogP contribution >= 0.6 is 11.3 Å². The van der Waals surface area contributed by atoms with Crippen LogP contribution in [-0.4, -0.2) is 30.5 Å². The summed E-state index contributed by atoms with van der Waals surface area (Å²) in [4.78, 5) is 13.2. The van der Waals surface area contributed by atoms with E-state index in [0.29, 0.717) is 17.7 Å². The highest BCUT2D eigenvalue weighted by atomic mass is 32.1. The zero-order valence-electron chi connectivity index (χ0n) is 19.0. The first-order chi connectivity index (χ1) is 15.2. The number of ether oxygens (including phenoxy) is 1. The number of esters is 1. The first-order valence-corrected chi connectivity index (χ1v) is 12.6. The van der Waals surface area contributed by atoms with Crippen molar-refractivity contribution in [2.45, 2.75) is 83.4 Å². The summed E-state index contributed by atoms with van der Waals surface area (Å²) in [7, 11) is 1.35. The second kappa shape index (κ2) is 10.7. The predicted molar refractivity (Wildman–Crippen MR) is 121 cm³/mol. The molecule has 0 bridgehead atoms. The van der Waals surface area contributed by atoms with Gasteiger partial charge in [-0.2, -0.15) is 13.2 Å². The number of carbonyl (C=O) groups is 1. The van der Waals surface area contributed by atoms with Crippen molar-refractivity contribution in [2.24, 2.45) is 23.2 Å². The van der Waals surface area contributed by atoms with Gasteiger partial charge in [0, 0.05) is 4.88 Å². The molecule has 2 aliphatic carbocycles. The number of methoxy groups -OCH3 is 1. The summed E-state index contributed by atoms with van der Waals surface area (Å²) in [6, 6.07) is 3.63. The van der Waals surface area contributed by atoms with Gasteiger partial charge >= 0.3 is 12.1 Å². The summed E-state index contributed by atoms with van der Waals surface area (Å²) in [5, 5.41) is 10.6. The molecular weight excluding hydrogens is 437 g/mol. The van der Waals surface area contributed by atoms with Crippen LogP contribution < -0.4 is 0 Å². The molecule has 1 aromatic heterocycles. The summed E-state index contributed by atoms with van der Waals surface area (Å²) >= 11 is 1.39. The number of carbonyl (C=O) groups excluding carboxylic acids is 1. The van der Waals surface area contributed by atoms with Gasteiger partial charge in [-0.05, 0) is 87.2 Å². The maximum absolute atomic E-state index is 13.7. The van der Waals surface area contributed by atoms with Crippen molar-refractivity contribution in [1.82, 2.24) is 0 Å². The fourth-order valence-corrected chi connectivity index (χ4v) is 6.51. The molecule has 32 heavy (non-hydrogen) atoms. The fraction of sp³-hybridized carbons (Fsp3) is 0.720. The zero-order chi connectivity index (χ0) is 23.4. The Morgan fingerprint density at radius 1 is 1.34 bits per heavy atom. The molecule has 0 saturated heterocycles. The van der Waals surface area contributed by atoms with E-state index in [1.165, 1.54) is 18.4 Å². The van der Waals surface area contributed by atoms with Crippen LogP contribution in [0.1, 0.15) is 79.3 Å². The third kappa shape index (κ3) is 5.77. The molecule has 1 heterocycles. The Kier molecular flexibility index (Phi) is 8.48. The molecule has 7 heteroatoms. The highest BCUT2D eigenvalue weighted by molar-refractivity contribution is 7.13. The molecule has 180 valence electrons. The van der Waals surface area contributed by atoms with Crippen molar-refractivity contribution in [3.05, 3.63) is 34.0 Å². The number of halogens is 3. The van der Waals surface area contributed by atoms with Crippen LogP contribution in [0.25, 0.3) is 0 Å². The molecular formula is C25H35F3O3S. The van der Waals surface area contributed by atoms with Crippen LogP contribution in [0.2, 0.25) is 0 Å². The minimum atomic E-state index is -4.19. The maximum atomic E-state index is 13.7. The molecule has 0 aromatic carbocycles. The van der Waals surface area contributed by atoms with E-state index >= 15 is 0 Å². The normalized spacial score (nSPS) is 26.2. The number of allylic oxidation sites excluding steroid dienone is 1. The van der Waals surface area contributed by atoms with E-state index < -0.39 is 24.1 Å². The molecule has 3 nitrogen and oxygen atoms in total. The molecule has 3 unspecified atom stereocenters. The topological polar surface area (TPSA) is 46.5 Å². The molecule has 0 aliphatic heterocycles. The third-order valence-electron chi connectivity index (χ3n) is 7.80. The van der Waals surface area contributed by atoms with Gasteiger partial charge in [0.2, 0.25) is 0 Å². The van der Waals surface area contributed by atoms with Crippen LogP contribution in [0.4, 0.5) is 13.2 Å². The van der Waals surface area contributed by atoms with Gasteiger partial charge in [-0.1, -0.05) is 25.5 Å². The van der Waals surface area contributed by atoms with Gasteiger partial charge in [0.15, 0.2) is 0 Å². The molecule has 3 rings (SSSR count). The number of hydrogen-bond acceptors (Lipinski definition) is 4. The minimum absolute atomic E-state index is 0.00102. The van der Waals surface area contributed by atoms with Gasteiger partial charge in [0.05, 0.1) is 19.1 Å². The Morgan fingerprint density at radius 2 is 2.09 bits per heavy atom. The molecule has 2 saturated carbocycles. The predicted octanol–water partition coefficient (Wildman–Crippen LogP) is 6.95. The van der Waals surface area contributed by atoms with Crippen LogP contribution in [0.5, 0.6) is 0 Å². The van der Waals surface area contributed by atoms with E-state index in [-0.39, 0.29) is 23.7 Å². The molecule has 1 aromatic rings. The SMILES string of the molecule is CCC1(C(O)C/C=C/C2C(C(F)(F)F)CC[C@@H]2CCCc2ccc(C(=O)OC)s2)CCC1. The average Bonchev–Trinajstić information content (AvgIpc) is 3.34. The second-order valence-corrected chi connectivity index (χ2v) is 10.6. The minimum Gasteiger partial charge on any atom is -0.465 e. The highest BCUT2D eigenvalue weighted by Gasteiger charge is 2.49. The lowest BCUT2D eigenvalue weighted by atomic mass is 9.63. The van der Waals surface area contributed by atoms with Crippen LogP contribution in [0, 0.1) is 23.2 Å². The standard InChI is InChI=1S/C25H35F3O3S/c1-3-24(15-6-16-24)22(29)10-5-9-19-17(11-13-20(19)25(26,27)28)7-4-8-18-12-14-21(32-18)23(30)31-2/h5,9,12,14,17,19-20,22,29H,3-4,6-8,10-11,13,15-16H2,1-2H3/b9-5+/t17-,19?,20?,22?/m0/s1. The number of alkyl halides is 3.